The maximum absolute atomic E-state index is 3.86. The third kappa shape index (κ3) is 3.58. The number of piperidine rings is 1. The van der Waals surface area contributed by atoms with E-state index in [9.17, 15) is 0 Å². The summed E-state index contributed by atoms with van der Waals surface area (Å²) in [6.07, 6.45) is 3.39. The van der Waals surface area contributed by atoms with Gasteiger partial charge in [0.15, 0.2) is 0 Å². The fourth-order valence-corrected chi connectivity index (χ4v) is 2.77. The van der Waals surface area contributed by atoms with E-state index in [-0.39, 0.29) is 11.1 Å². The Morgan fingerprint density at radius 2 is 1.71 bits per heavy atom. The van der Waals surface area contributed by atoms with Gasteiger partial charge in [0.05, 0.1) is 0 Å². The van der Waals surface area contributed by atoms with Gasteiger partial charge in [0.1, 0.15) is 0 Å². The number of nitrogens with one attached hydrogen (secondary N) is 2. The van der Waals surface area contributed by atoms with Gasteiger partial charge in [-0.15, -0.1) is 0 Å². The Bertz CT molecular complexity index is 169. The van der Waals surface area contributed by atoms with Crippen molar-refractivity contribution in [3.05, 3.63) is 6.92 Å². The minimum atomic E-state index is 0.251. The van der Waals surface area contributed by atoms with Gasteiger partial charge < -0.3 is 10.6 Å². The van der Waals surface area contributed by atoms with Crippen molar-refractivity contribution >= 4 is 0 Å². The van der Waals surface area contributed by atoms with Crippen LogP contribution in [0.5, 0.6) is 0 Å². The van der Waals surface area contributed by atoms with Gasteiger partial charge in [-0.1, -0.05) is 6.92 Å². The van der Waals surface area contributed by atoms with E-state index in [1.807, 2.05) is 0 Å². The van der Waals surface area contributed by atoms with Gasteiger partial charge in [0.25, 0.3) is 0 Å². The van der Waals surface area contributed by atoms with E-state index in [0.29, 0.717) is 6.04 Å². The molecule has 83 valence electrons. The summed E-state index contributed by atoms with van der Waals surface area (Å²) in [4.78, 5) is 0. The van der Waals surface area contributed by atoms with Crippen LogP contribution in [0.3, 0.4) is 0 Å². The molecule has 1 heterocycles. The Kier molecular flexibility index (Phi) is 3.59. The van der Waals surface area contributed by atoms with Gasteiger partial charge in [-0.2, -0.15) is 0 Å². The van der Waals surface area contributed by atoms with Crippen LogP contribution in [0, 0.1) is 6.92 Å². The predicted molar refractivity (Wildman–Crippen MR) is 62.3 cm³/mol. The van der Waals surface area contributed by atoms with E-state index in [1.54, 1.807) is 0 Å². The van der Waals surface area contributed by atoms with Crippen molar-refractivity contribution in [1.29, 1.82) is 0 Å². The Labute approximate surface area is 88.8 Å². The van der Waals surface area contributed by atoms with Gasteiger partial charge in [-0.25, -0.2) is 0 Å². The number of hydrogen-bond donors (Lipinski definition) is 2. The summed E-state index contributed by atoms with van der Waals surface area (Å²) in [5, 5.41) is 7.26. The monoisotopic (exact) mass is 197 g/mol. The van der Waals surface area contributed by atoms with E-state index in [2.05, 4.69) is 45.3 Å². The van der Waals surface area contributed by atoms with Crippen molar-refractivity contribution in [2.75, 3.05) is 6.54 Å². The first-order valence-electron chi connectivity index (χ1n) is 5.67. The molecule has 1 aliphatic heterocycles. The predicted octanol–water partition coefficient (Wildman–Crippen LogP) is 2.11. The highest BCUT2D eigenvalue weighted by Gasteiger charge is 2.37. The van der Waals surface area contributed by atoms with Crippen LogP contribution in [-0.4, -0.2) is 23.7 Å². The molecule has 1 aliphatic rings. The molecule has 1 saturated heterocycles. The molecule has 0 atom stereocenters. The molecule has 0 bridgehead atoms. The van der Waals surface area contributed by atoms with Crippen molar-refractivity contribution < 1.29 is 0 Å². The van der Waals surface area contributed by atoms with Crippen LogP contribution in [-0.2, 0) is 0 Å². The molecule has 0 aromatic carbocycles. The molecule has 0 aromatic rings. The highest BCUT2D eigenvalue weighted by Crippen LogP contribution is 2.28. The van der Waals surface area contributed by atoms with E-state index in [1.165, 1.54) is 12.8 Å². The summed E-state index contributed by atoms with van der Waals surface area (Å²) in [5.41, 5.74) is 0.501. The van der Waals surface area contributed by atoms with Gasteiger partial charge in [0, 0.05) is 17.1 Å². The van der Waals surface area contributed by atoms with Crippen LogP contribution in [0.2, 0.25) is 0 Å². The summed E-state index contributed by atoms with van der Waals surface area (Å²) in [6.45, 7) is 14.0. The first-order chi connectivity index (χ1) is 6.35. The third-order valence-electron chi connectivity index (χ3n) is 2.80. The molecule has 0 spiro atoms. The Morgan fingerprint density at radius 3 is 2.14 bits per heavy atom. The van der Waals surface area contributed by atoms with E-state index >= 15 is 0 Å². The van der Waals surface area contributed by atoms with Crippen LogP contribution in [0.4, 0.5) is 0 Å². The van der Waals surface area contributed by atoms with Crippen LogP contribution >= 0.6 is 0 Å². The van der Waals surface area contributed by atoms with Crippen molar-refractivity contribution in [3.8, 4) is 0 Å². The minimum Gasteiger partial charge on any atom is -0.314 e. The Hall–Kier alpha value is -0.0800. The molecule has 1 fully saturated rings. The SMILES string of the molecule is [CH2]CCNC1CC(C)(C)NC(C)(C)C1. The maximum atomic E-state index is 3.86. The van der Waals surface area contributed by atoms with Crippen LogP contribution in [0.15, 0.2) is 0 Å². The normalized spacial score (nSPS) is 26.4. The smallest absolute Gasteiger partial charge is 0.0144 e. The number of hydrogen-bond acceptors (Lipinski definition) is 2. The molecule has 0 amide bonds. The molecule has 1 radical (unpaired) electrons. The number of rotatable bonds is 3. The zero-order chi connectivity index (χ0) is 10.8. The zero-order valence-electron chi connectivity index (χ0n) is 10.1. The molecule has 2 nitrogen and oxygen atoms in total. The maximum Gasteiger partial charge on any atom is 0.0144 e. The molecule has 0 aliphatic carbocycles. The van der Waals surface area contributed by atoms with Crippen LogP contribution in [0.25, 0.3) is 0 Å². The van der Waals surface area contributed by atoms with Crippen molar-refractivity contribution in [2.45, 2.75) is 64.1 Å². The Morgan fingerprint density at radius 1 is 1.21 bits per heavy atom. The van der Waals surface area contributed by atoms with E-state index < -0.39 is 0 Å². The van der Waals surface area contributed by atoms with Gasteiger partial charge in [0.2, 0.25) is 0 Å². The lowest BCUT2D eigenvalue weighted by atomic mass is 9.79. The zero-order valence-corrected chi connectivity index (χ0v) is 10.1. The standard InChI is InChI=1S/C12H25N2/c1-6-7-13-10-8-11(2,3)14-12(4,5)9-10/h10,13-14H,1,6-9H2,2-5H3. The average Bonchev–Trinajstić information content (AvgIpc) is 1.94. The summed E-state index contributed by atoms with van der Waals surface area (Å²) in [6, 6.07) is 0.642. The highest BCUT2D eigenvalue weighted by atomic mass is 15.1. The summed E-state index contributed by atoms with van der Waals surface area (Å²) in [5.74, 6) is 0. The molecule has 0 aromatic heterocycles. The third-order valence-corrected chi connectivity index (χ3v) is 2.80. The lowest BCUT2D eigenvalue weighted by Gasteiger charge is -2.46. The van der Waals surface area contributed by atoms with E-state index in [4.69, 9.17) is 0 Å². The molecule has 0 saturated carbocycles. The molecular formula is C12H25N2. The summed E-state index contributed by atoms with van der Waals surface area (Å²) < 4.78 is 0. The van der Waals surface area contributed by atoms with Crippen molar-refractivity contribution in [3.63, 3.8) is 0 Å². The minimum absolute atomic E-state index is 0.251. The van der Waals surface area contributed by atoms with Crippen LogP contribution in [0.1, 0.15) is 47.0 Å². The molecule has 2 N–H and O–H groups in total. The fraction of sp³-hybridized carbons (Fsp3) is 0.917. The quantitative estimate of drug-likeness (QED) is 0.724. The molecule has 0 unspecified atom stereocenters. The topological polar surface area (TPSA) is 24.1 Å². The van der Waals surface area contributed by atoms with Gasteiger partial charge in [-0.05, 0) is 53.5 Å². The first kappa shape index (κ1) is 12.0. The second kappa shape index (κ2) is 4.19. The van der Waals surface area contributed by atoms with E-state index in [0.717, 1.165) is 13.0 Å². The largest absolute Gasteiger partial charge is 0.314 e. The molecular weight excluding hydrogens is 172 g/mol. The molecule has 2 heteroatoms. The summed E-state index contributed by atoms with van der Waals surface area (Å²) >= 11 is 0. The fourth-order valence-electron chi connectivity index (χ4n) is 2.77. The lowest BCUT2D eigenvalue weighted by Crippen LogP contribution is -2.61. The second-order valence-corrected chi connectivity index (χ2v) is 5.81. The highest BCUT2D eigenvalue weighted by molar-refractivity contribution is 4.99. The lowest BCUT2D eigenvalue weighted by molar-refractivity contribution is 0.147. The summed E-state index contributed by atoms with van der Waals surface area (Å²) in [7, 11) is 0. The van der Waals surface area contributed by atoms with Gasteiger partial charge in [-0.3, -0.25) is 0 Å². The van der Waals surface area contributed by atoms with Crippen molar-refractivity contribution in [2.24, 2.45) is 0 Å². The molecule has 14 heavy (non-hydrogen) atoms. The van der Waals surface area contributed by atoms with Crippen molar-refractivity contribution in [1.82, 2.24) is 10.6 Å². The first-order valence-corrected chi connectivity index (χ1v) is 5.67. The average molecular weight is 197 g/mol. The molecule has 1 rings (SSSR count). The second-order valence-electron chi connectivity index (χ2n) is 5.81. The van der Waals surface area contributed by atoms with Gasteiger partial charge >= 0.3 is 0 Å². The Balaban J connectivity index is 2.53. The van der Waals surface area contributed by atoms with Crippen LogP contribution < -0.4 is 10.6 Å².